The summed E-state index contributed by atoms with van der Waals surface area (Å²) in [5.41, 5.74) is 0. The maximum absolute atomic E-state index is 5.41. The Labute approximate surface area is 102 Å². The van der Waals surface area contributed by atoms with Crippen LogP contribution in [-0.2, 0) is 6.42 Å². The van der Waals surface area contributed by atoms with E-state index in [2.05, 4.69) is 15.5 Å². The van der Waals surface area contributed by atoms with E-state index in [1.807, 2.05) is 0 Å². The SMILES string of the molecule is C1CNCC(Cc2noc(C3CCCC3)n2)C1. The van der Waals surface area contributed by atoms with Crippen molar-refractivity contribution in [3.63, 3.8) is 0 Å². The van der Waals surface area contributed by atoms with Crippen molar-refractivity contribution < 1.29 is 4.52 Å². The molecule has 4 nitrogen and oxygen atoms in total. The molecule has 0 radical (unpaired) electrons. The fourth-order valence-corrected chi connectivity index (χ4v) is 3.05. The van der Waals surface area contributed by atoms with Crippen molar-refractivity contribution in [3.05, 3.63) is 11.7 Å². The zero-order valence-corrected chi connectivity index (χ0v) is 10.3. The van der Waals surface area contributed by atoms with E-state index in [1.54, 1.807) is 0 Å². The number of hydrogen-bond acceptors (Lipinski definition) is 4. The number of aromatic nitrogens is 2. The molecule has 1 unspecified atom stereocenters. The molecule has 0 amide bonds. The average Bonchev–Trinajstić information content (AvgIpc) is 3.00. The Bertz CT molecular complexity index is 351. The van der Waals surface area contributed by atoms with Gasteiger partial charge in [-0.3, -0.25) is 0 Å². The van der Waals surface area contributed by atoms with Gasteiger partial charge in [-0.1, -0.05) is 18.0 Å². The Morgan fingerprint density at radius 2 is 2.06 bits per heavy atom. The van der Waals surface area contributed by atoms with Crippen molar-refractivity contribution >= 4 is 0 Å². The molecule has 4 heteroatoms. The highest BCUT2D eigenvalue weighted by Crippen LogP contribution is 2.33. The third-order valence-electron chi connectivity index (χ3n) is 4.06. The van der Waals surface area contributed by atoms with Crippen LogP contribution >= 0.6 is 0 Å². The minimum absolute atomic E-state index is 0.542. The zero-order valence-electron chi connectivity index (χ0n) is 10.3. The van der Waals surface area contributed by atoms with Crippen LogP contribution in [0.15, 0.2) is 4.52 Å². The number of nitrogens with one attached hydrogen (secondary N) is 1. The van der Waals surface area contributed by atoms with Crippen LogP contribution in [0.4, 0.5) is 0 Å². The highest BCUT2D eigenvalue weighted by molar-refractivity contribution is 4.97. The molecule has 17 heavy (non-hydrogen) atoms. The van der Waals surface area contributed by atoms with E-state index < -0.39 is 0 Å². The third kappa shape index (κ3) is 2.68. The van der Waals surface area contributed by atoms with E-state index in [0.29, 0.717) is 11.8 Å². The Morgan fingerprint density at radius 1 is 1.18 bits per heavy atom. The third-order valence-corrected chi connectivity index (χ3v) is 4.06. The Kier molecular flexibility index (Phi) is 3.41. The summed E-state index contributed by atoms with van der Waals surface area (Å²) in [5, 5.41) is 7.57. The first-order valence-corrected chi connectivity index (χ1v) is 6.95. The summed E-state index contributed by atoms with van der Waals surface area (Å²) in [7, 11) is 0. The maximum atomic E-state index is 5.41. The van der Waals surface area contributed by atoms with Gasteiger partial charge in [-0.15, -0.1) is 0 Å². The average molecular weight is 235 g/mol. The lowest BCUT2D eigenvalue weighted by molar-refractivity contribution is 0.338. The largest absolute Gasteiger partial charge is 0.339 e. The first kappa shape index (κ1) is 11.2. The van der Waals surface area contributed by atoms with Crippen LogP contribution < -0.4 is 5.32 Å². The molecule has 0 aromatic carbocycles. The smallest absolute Gasteiger partial charge is 0.229 e. The van der Waals surface area contributed by atoms with Gasteiger partial charge in [0.2, 0.25) is 5.89 Å². The summed E-state index contributed by atoms with van der Waals surface area (Å²) in [4.78, 5) is 4.58. The highest BCUT2D eigenvalue weighted by atomic mass is 16.5. The van der Waals surface area contributed by atoms with Gasteiger partial charge in [0, 0.05) is 12.3 Å². The van der Waals surface area contributed by atoms with Crippen molar-refractivity contribution in [1.29, 1.82) is 0 Å². The predicted molar refractivity (Wildman–Crippen MR) is 64.8 cm³/mol. The van der Waals surface area contributed by atoms with Crippen molar-refractivity contribution in [2.24, 2.45) is 5.92 Å². The number of hydrogen-bond donors (Lipinski definition) is 1. The van der Waals surface area contributed by atoms with Gasteiger partial charge in [0.05, 0.1) is 0 Å². The lowest BCUT2D eigenvalue weighted by Gasteiger charge is -2.20. The minimum atomic E-state index is 0.542. The van der Waals surface area contributed by atoms with E-state index in [-0.39, 0.29) is 0 Å². The lowest BCUT2D eigenvalue weighted by Crippen LogP contribution is -2.31. The van der Waals surface area contributed by atoms with Gasteiger partial charge in [-0.2, -0.15) is 4.98 Å². The zero-order chi connectivity index (χ0) is 11.5. The summed E-state index contributed by atoms with van der Waals surface area (Å²) in [6, 6.07) is 0. The second kappa shape index (κ2) is 5.17. The van der Waals surface area contributed by atoms with Crippen LogP contribution in [-0.4, -0.2) is 23.2 Å². The molecule has 1 aliphatic heterocycles. The van der Waals surface area contributed by atoms with Crippen LogP contribution in [0, 0.1) is 5.92 Å². The van der Waals surface area contributed by atoms with Crippen LogP contribution in [0.2, 0.25) is 0 Å². The fourth-order valence-electron chi connectivity index (χ4n) is 3.05. The molecule has 1 saturated carbocycles. The van der Waals surface area contributed by atoms with Gasteiger partial charge in [-0.05, 0) is 44.7 Å². The molecular weight excluding hydrogens is 214 g/mol. The topological polar surface area (TPSA) is 51.0 Å². The van der Waals surface area contributed by atoms with E-state index in [9.17, 15) is 0 Å². The Balaban J connectivity index is 1.59. The van der Waals surface area contributed by atoms with E-state index >= 15 is 0 Å². The quantitative estimate of drug-likeness (QED) is 0.873. The van der Waals surface area contributed by atoms with Gasteiger partial charge in [-0.25, -0.2) is 0 Å². The fraction of sp³-hybridized carbons (Fsp3) is 0.846. The predicted octanol–water partition coefficient (Wildman–Crippen LogP) is 2.27. The molecule has 94 valence electrons. The lowest BCUT2D eigenvalue weighted by atomic mass is 9.96. The molecule has 1 N–H and O–H groups in total. The molecule has 3 rings (SSSR count). The number of piperidine rings is 1. The molecule has 0 bridgehead atoms. The van der Waals surface area contributed by atoms with Crippen molar-refractivity contribution in [1.82, 2.24) is 15.5 Å². The van der Waals surface area contributed by atoms with E-state index in [1.165, 1.54) is 38.5 Å². The standard InChI is InChI=1S/C13H21N3O/c1-2-6-11(5-1)13-15-12(16-17-13)8-10-4-3-7-14-9-10/h10-11,14H,1-9H2. The van der Waals surface area contributed by atoms with Crippen LogP contribution in [0.1, 0.15) is 56.2 Å². The van der Waals surface area contributed by atoms with Gasteiger partial charge < -0.3 is 9.84 Å². The van der Waals surface area contributed by atoms with Gasteiger partial charge in [0.1, 0.15) is 0 Å². The van der Waals surface area contributed by atoms with Crippen molar-refractivity contribution in [2.75, 3.05) is 13.1 Å². The summed E-state index contributed by atoms with van der Waals surface area (Å²) >= 11 is 0. The maximum Gasteiger partial charge on any atom is 0.229 e. The normalized spacial score (nSPS) is 26.5. The molecule has 1 aliphatic carbocycles. The number of nitrogens with zero attached hydrogens (tertiary/aromatic N) is 2. The molecule has 1 atom stereocenters. The van der Waals surface area contributed by atoms with E-state index in [0.717, 1.165) is 31.2 Å². The molecule has 1 saturated heterocycles. The van der Waals surface area contributed by atoms with Crippen LogP contribution in [0.25, 0.3) is 0 Å². The number of rotatable bonds is 3. The molecule has 2 aliphatic rings. The molecular formula is C13H21N3O. The molecule has 1 aromatic rings. The highest BCUT2D eigenvalue weighted by Gasteiger charge is 2.24. The van der Waals surface area contributed by atoms with Crippen LogP contribution in [0.3, 0.4) is 0 Å². The minimum Gasteiger partial charge on any atom is -0.339 e. The Hall–Kier alpha value is -0.900. The monoisotopic (exact) mass is 235 g/mol. The van der Waals surface area contributed by atoms with Gasteiger partial charge in [0.25, 0.3) is 0 Å². The summed E-state index contributed by atoms with van der Waals surface area (Å²) in [6.45, 7) is 2.27. The second-order valence-electron chi connectivity index (χ2n) is 5.45. The first-order chi connectivity index (χ1) is 8.42. The second-order valence-corrected chi connectivity index (χ2v) is 5.45. The Morgan fingerprint density at radius 3 is 2.82 bits per heavy atom. The first-order valence-electron chi connectivity index (χ1n) is 6.95. The molecule has 2 fully saturated rings. The van der Waals surface area contributed by atoms with Crippen molar-refractivity contribution in [2.45, 2.75) is 50.9 Å². The van der Waals surface area contributed by atoms with Crippen LogP contribution in [0.5, 0.6) is 0 Å². The van der Waals surface area contributed by atoms with Gasteiger partial charge >= 0.3 is 0 Å². The summed E-state index contributed by atoms with van der Waals surface area (Å²) < 4.78 is 5.41. The van der Waals surface area contributed by atoms with Crippen molar-refractivity contribution in [3.8, 4) is 0 Å². The molecule has 1 aromatic heterocycles. The molecule has 0 spiro atoms. The van der Waals surface area contributed by atoms with Gasteiger partial charge in [0.15, 0.2) is 5.82 Å². The summed E-state index contributed by atoms with van der Waals surface area (Å²) in [6.07, 6.45) is 8.63. The molecule has 2 heterocycles. The van der Waals surface area contributed by atoms with E-state index in [4.69, 9.17) is 4.52 Å². The summed E-state index contributed by atoms with van der Waals surface area (Å²) in [5.74, 6) is 3.04.